The van der Waals surface area contributed by atoms with Crippen LogP contribution < -0.4 is 9.64 Å². The van der Waals surface area contributed by atoms with Crippen LogP contribution in [0.5, 0.6) is 5.75 Å². The fraction of sp³-hybridized carbons (Fsp3) is 0.364. The molecule has 1 aliphatic rings. The van der Waals surface area contributed by atoms with Gasteiger partial charge in [-0.1, -0.05) is 22.9 Å². The maximum absolute atomic E-state index is 12.6. The van der Waals surface area contributed by atoms with Gasteiger partial charge in [0, 0.05) is 48.3 Å². The van der Waals surface area contributed by atoms with E-state index in [1.807, 2.05) is 48.2 Å². The van der Waals surface area contributed by atoms with E-state index in [-0.39, 0.29) is 5.91 Å². The Bertz CT molecular complexity index is 1030. The monoisotopic (exact) mass is 461 g/mol. The van der Waals surface area contributed by atoms with E-state index in [9.17, 15) is 4.79 Å². The number of benzene rings is 2. The van der Waals surface area contributed by atoms with Gasteiger partial charge in [-0.15, -0.1) is 11.8 Å². The van der Waals surface area contributed by atoms with E-state index in [1.54, 1.807) is 30.2 Å². The van der Waals surface area contributed by atoms with E-state index in [2.05, 4.69) is 4.90 Å². The molecule has 3 aromatic rings. The highest BCUT2D eigenvalue weighted by Gasteiger charge is 2.23. The first-order chi connectivity index (χ1) is 14.5. The van der Waals surface area contributed by atoms with Crippen LogP contribution in [-0.2, 0) is 4.79 Å². The molecule has 0 bridgehead atoms. The summed E-state index contributed by atoms with van der Waals surface area (Å²) in [5.74, 6) is 1.85. The Labute approximate surface area is 190 Å². The number of ether oxygens (including phenoxy) is 1. The molecule has 2 aromatic carbocycles. The predicted molar refractivity (Wildman–Crippen MR) is 126 cm³/mol. The number of thioether (sulfide) groups is 1. The highest BCUT2D eigenvalue weighted by Crippen LogP contribution is 2.34. The van der Waals surface area contributed by atoms with Crippen molar-refractivity contribution in [1.29, 1.82) is 0 Å². The van der Waals surface area contributed by atoms with Crippen molar-refractivity contribution >= 4 is 56.0 Å². The summed E-state index contributed by atoms with van der Waals surface area (Å²) in [4.78, 5) is 22.8. The quantitative estimate of drug-likeness (QED) is 0.478. The number of anilines is 1. The Morgan fingerprint density at radius 2 is 1.90 bits per heavy atom. The lowest BCUT2D eigenvalue weighted by atomic mass is 10.2. The van der Waals surface area contributed by atoms with Crippen LogP contribution in [0.4, 0.5) is 5.13 Å². The molecule has 5 nitrogen and oxygen atoms in total. The summed E-state index contributed by atoms with van der Waals surface area (Å²) in [6.45, 7) is 5.10. The number of hydrogen-bond acceptors (Lipinski definition) is 6. The van der Waals surface area contributed by atoms with E-state index in [0.717, 1.165) is 68.5 Å². The lowest BCUT2D eigenvalue weighted by Crippen LogP contribution is -2.48. The van der Waals surface area contributed by atoms with Crippen LogP contribution in [0, 0.1) is 6.92 Å². The summed E-state index contributed by atoms with van der Waals surface area (Å²) >= 11 is 9.62. The lowest BCUT2D eigenvalue weighted by Gasteiger charge is -2.34. The molecule has 0 spiro atoms. The summed E-state index contributed by atoms with van der Waals surface area (Å²) in [6.07, 6.45) is 0.551. The minimum Gasteiger partial charge on any atom is -0.497 e. The third kappa shape index (κ3) is 4.68. The number of carbonyl (C=O) groups excluding carboxylic acids is 1. The van der Waals surface area contributed by atoms with Gasteiger partial charge in [0.25, 0.3) is 0 Å². The summed E-state index contributed by atoms with van der Waals surface area (Å²) < 4.78 is 6.33. The number of rotatable bonds is 6. The van der Waals surface area contributed by atoms with Crippen LogP contribution in [-0.4, -0.2) is 54.8 Å². The van der Waals surface area contributed by atoms with E-state index >= 15 is 0 Å². The molecule has 0 atom stereocenters. The zero-order valence-electron chi connectivity index (χ0n) is 17.1. The number of thiazole rings is 1. The molecule has 0 N–H and O–H groups in total. The van der Waals surface area contributed by atoms with Gasteiger partial charge in [-0.3, -0.25) is 4.79 Å². The summed E-state index contributed by atoms with van der Waals surface area (Å²) in [6, 6.07) is 11.9. The van der Waals surface area contributed by atoms with Crippen LogP contribution >= 0.6 is 34.7 Å². The molecule has 1 fully saturated rings. The second-order valence-electron chi connectivity index (χ2n) is 7.16. The van der Waals surface area contributed by atoms with Crippen LogP contribution in [0.1, 0.15) is 12.0 Å². The van der Waals surface area contributed by atoms with Crippen molar-refractivity contribution in [3.63, 3.8) is 0 Å². The van der Waals surface area contributed by atoms with Gasteiger partial charge in [0.1, 0.15) is 5.75 Å². The van der Waals surface area contributed by atoms with E-state index < -0.39 is 0 Å². The van der Waals surface area contributed by atoms with Gasteiger partial charge in [0.05, 0.1) is 17.3 Å². The molecule has 8 heteroatoms. The fourth-order valence-electron chi connectivity index (χ4n) is 3.46. The average Bonchev–Trinajstić information content (AvgIpc) is 3.22. The van der Waals surface area contributed by atoms with Crippen molar-refractivity contribution in [2.45, 2.75) is 18.2 Å². The van der Waals surface area contributed by atoms with Gasteiger partial charge < -0.3 is 14.5 Å². The third-order valence-electron chi connectivity index (χ3n) is 5.28. The predicted octanol–water partition coefficient (Wildman–Crippen LogP) is 5.10. The highest BCUT2D eigenvalue weighted by molar-refractivity contribution is 7.99. The van der Waals surface area contributed by atoms with E-state index in [4.69, 9.17) is 21.3 Å². The zero-order chi connectivity index (χ0) is 21.1. The fourth-order valence-corrected chi connectivity index (χ4v) is 5.53. The van der Waals surface area contributed by atoms with Crippen LogP contribution in [0.25, 0.3) is 10.2 Å². The molecule has 1 aromatic heterocycles. The number of methoxy groups -OCH3 is 1. The molecule has 4 rings (SSSR count). The number of carbonyl (C=O) groups is 1. The van der Waals surface area contributed by atoms with Crippen molar-refractivity contribution in [3.05, 3.63) is 47.0 Å². The van der Waals surface area contributed by atoms with Crippen molar-refractivity contribution in [3.8, 4) is 5.75 Å². The standard InChI is InChI=1S/C22H24ClN3O2S2/c1-15-18(23)7-8-19-21(15)24-22(30-19)26-12-10-25(11-13-26)20(27)9-14-29-17-5-3-16(28-2)4-6-17/h3-8H,9-14H2,1-2H3. The Morgan fingerprint density at radius 3 is 2.60 bits per heavy atom. The second-order valence-corrected chi connectivity index (χ2v) is 9.74. The summed E-state index contributed by atoms with van der Waals surface area (Å²) in [7, 11) is 1.66. The number of halogens is 1. The zero-order valence-corrected chi connectivity index (χ0v) is 19.4. The number of amides is 1. The molecule has 0 saturated carbocycles. The molecule has 0 radical (unpaired) electrons. The molecule has 30 heavy (non-hydrogen) atoms. The molecular weight excluding hydrogens is 438 g/mol. The smallest absolute Gasteiger partial charge is 0.223 e. The summed E-state index contributed by atoms with van der Waals surface area (Å²) in [5.41, 5.74) is 2.01. The molecule has 1 saturated heterocycles. The van der Waals surface area contributed by atoms with Crippen LogP contribution in [0.3, 0.4) is 0 Å². The number of fused-ring (bicyclic) bond motifs is 1. The lowest BCUT2D eigenvalue weighted by molar-refractivity contribution is -0.131. The normalized spacial score (nSPS) is 14.4. The van der Waals surface area contributed by atoms with Crippen LogP contribution in [0.15, 0.2) is 41.3 Å². The highest BCUT2D eigenvalue weighted by atomic mass is 35.5. The average molecular weight is 462 g/mol. The van der Waals surface area contributed by atoms with Crippen molar-refractivity contribution < 1.29 is 9.53 Å². The SMILES string of the molecule is COc1ccc(SCCC(=O)N2CCN(c3nc4c(C)c(Cl)ccc4s3)CC2)cc1. The maximum Gasteiger partial charge on any atom is 0.223 e. The van der Waals surface area contributed by atoms with Gasteiger partial charge >= 0.3 is 0 Å². The molecule has 1 amide bonds. The van der Waals surface area contributed by atoms with Gasteiger partial charge in [-0.05, 0) is 48.9 Å². The Balaban J connectivity index is 1.27. The number of piperazine rings is 1. The molecule has 1 aliphatic heterocycles. The van der Waals surface area contributed by atoms with Crippen molar-refractivity contribution in [2.24, 2.45) is 0 Å². The first kappa shape index (κ1) is 21.3. The topological polar surface area (TPSA) is 45.7 Å². The third-order valence-corrected chi connectivity index (χ3v) is 7.79. The largest absolute Gasteiger partial charge is 0.497 e. The van der Waals surface area contributed by atoms with Crippen molar-refractivity contribution in [1.82, 2.24) is 9.88 Å². The molecule has 0 aliphatic carbocycles. The second kappa shape index (κ2) is 9.45. The summed E-state index contributed by atoms with van der Waals surface area (Å²) in [5, 5.41) is 1.76. The Hall–Kier alpha value is -1.96. The molecule has 2 heterocycles. The first-order valence-corrected chi connectivity index (χ1v) is 12.1. The number of nitrogens with zero attached hydrogens (tertiary/aromatic N) is 3. The van der Waals surface area contributed by atoms with Crippen molar-refractivity contribution in [2.75, 3.05) is 43.9 Å². The minimum atomic E-state index is 0.225. The Kier molecular flexibility index (Phi) is 6.71. The minimum absolute atomic E-state index is 0.225. The van der Waals surface area contributed by atoms with E-state index in [1.165, 1.54) is 0 Å². The van der Waals surface area contributed by atoms with Crippen LogP contribution in [0.2, 0.25) is 5.02 Å². The van der Waals surface area contributed by atoms with Gasteiger partial charge in [-0.25, -0.2) is 4.98 Å². The molecular formula is C22H24ClN3O2S2. The van der Waals surface area contributed by atoms with E-state index in [0.29, 0.717) is 6.42 Å². The van der Waals surface area contributed by atoms with Gasteiger partial charge in [0.15, 0.2) is 5.13 Å². The number of aromatic nitrogens is 1. The maximum atomic E-state index is 12.6. The Morgan fingerprint density at radius 1 is 1.17 bits per heavy atom. The van der Waals surface area contributed by atoms with Gasteiger partial charge in [0.2, 0.25) is 5.91 Å². The molecule has 158 valence electrons. The molecule has 0 unspecified atom stereocenters. The van der Waals surface area contributed by atoms with Gasteiger partial charge in [-0.2, -0.15) is 0 Å². The number of hydrogen-bond donors (Lipinski definition) is 0. The first-order valence-electron chi connectivity index (χ1n) is 9.90. The number of aryl methyl sites for hydroxylation is 1.